The molecule has 2 aliphatic carbocycles. The molecule has 11 heteroatoms. The summed E-state index contributed by atoms with van der Waals surface area (Å²) in [5, 5.41) is 0. The molecular formula is C28H27N3O8. The Hall–Kier alpha value is -4.77. The van der Waals surface area contributed by atoms with Crippen LogP contribution in [0.4, 0.5) is 5.69 Å². The monoisotopic (exact) mass is 533 g/mol. The summed E-state index contributed by atoms with van der Waals surface area (Å²) in [4.78, 5) is 68.8. The van der Waals surface area contributed by atoms with Crippen molar-refractivity contribution in [3.05, 3.63) is 76.3 Å². The van der Waals surface area contributed by atoms with E-state index in [0.29, 0.717) is 27.8 Å². The van der Waals surface area contributed by atoms with E-state index in [1.54, 1.807) is 62.4 Å². The van der Waals surface area contributed by atoms with Gasteiger partial charge in [-0.05, 0) is 42.7 Å². The number of nitrogens with two attached hydrogens (primary N) is 1. The van der Waals surface area contributed by atoms with Crippen LogP contribution in [-0.2, 0) is 25.5 Å². The minimum absolute atomic E-state index is 0.0288. The summed E-state index contributed by atoms with van der Waals surface area (Å²) in [6.07, 6.45) is -0.0940. The number of hydroxylamine groups is 1. The third-order valence-electron chi connectivity index (χ3n) is 6.10. The van der Waals surface area contributed by atoms with Gasteiger partial charge >= 0.3 is 11.9 Å². The number of benzene rings is 1. The Balaban J connectivity index is 1.42. The van der Waals surface area contributed by atoms with Crippen LogP contribution in [0.1, 0.15) is 60.8 Å². The van der Waals surface area contributed by atoms with Gasteiger partial charge in [-0.2, -0.15) is 0 Å². The van der Waals surface area contributed by atoms with E-state index >= 15 is 0 Å². The van der Waals surface area contributed by atoms with Crippen molar-refractivity contribution in [2.45, 2.75) is 20.3 Å². The summed E-state index contributed by atoms with van der Waals surface area (Å²) in [5.74, 6) is -2.66. The molecule has 3 N–H and O–H groups in total. The minimum Gasteiger partial charge on any atom is -0.462 e. The second-order valence-electron chi connectivity index (χ2n) is 8.53. The molecule has 1 heterocycles. The van der Waals surface area contributed by atoms with Crippen LogP contribution in [-0.4, -0.2) is 60.9 Å². The van der Waals surface area contributed by atoms with Crippen LogP contribution in [0.2, 0.25) is 0 Å². The number of nitrogens with zero attached hydrogens (tertiary/aromatic N) is 1. The van der Waals surface area contributed by atoms with E-state index in [2.05, 4.69) is 5.48 Å². The summed E-state index contributed by atoms with van der Waals surface area (Å²) in [5.41, 5.74) is 10.5. The number of carbonyl (C=O) groups excluding carboxylic acids is 5. The van der Waals surface area contributed by atoms with Crippen LogP contribution in [0, 0.1) is 0 Å². The lowest BCUT2D eigenvalue weighted by Gasteiger charge is -2.13. The number of hydrogen-bond donors (Lipinski definition) is 2. The second kappa shape index (κ2) is 11.7. The largest absolute Gasteiger partial charge is 0.462 e. The first kappa shape index (κ1) is 27.3. The zero-order valence-electron chi connectivity index (χ0n) is 21.4. The first-order valence-corrected chi connectivity index (χ1v) is 12.3. The van der Waals surface area contributed by atoms with Gasteiger partial charge in [0.05, 0.1) is 60.7 Å². The number of fused-ring (bicyclic) bond motifs is 2. The van der Waals surface area contributed by atoms with Gasteiger partial charge in [0.1, 0.15) is 0 Å². The summed E-state index contributed by atoms with van der Waals surface area (Å²) < 4.78 is 10.2. The molecule has 0 spiro atoms. The highest BCUT2D eigenvalue weighted by Crippen LogP contribution is 2.39. The van der Waals surface area contributed by atoms with Crippen LogP contribution >= 0.6 is 0 Å². The van der Waals surface area contributed by atoms with Gasteiger partial charge in [-0.15, -0.1) is 0 Å². The van der Waals surface area contributed by atoms with Gasteiger partial charge in [0.25, 0.3) is 11.8 Å². The molecule has 0 saturated heterocycles. The van der Waals surface area contributed by atoms with E-state index in [4.69, 9.17) is 20.0 Å². The quantitative estimate of drug-likeness (QED) is 0.173. The van der Waals surface area contributed by atoms with E-state index in [0.717, 1.165) is 4.90 Å². The molecule has 0 atom stereocenters. The molecule has 0 aromatic heterocycles. The number of nitrogens with one attached hydrogen (secondary N) is 1. The van der Waals surface area contributed by atoms with Crippen molar-refractivity contribution in [2.24, 2.45) is 0 Å². The van der Waals surface area contributed by atoms with Crippen LogP contribution < -0.4 is 11.2 Å². The van der Waals surface area contributed by atoms with E-state index in [1.807, 2.05) is 0 Å². The van der Waals surface area contributed by atoms with Crippen molar-refractivity contribution in [3.63, 3.8) is 0 Å². The summed E-state index contributed by atoms with van der Waals surface area (Å²) in [7, 11) is 0. The second-order valence-corrected chi connectivity index (χ2v) is 8.53. The average Bonchev–Trinajstić information content (AvgIpc) is 3.23. The molecule has 39 heavy (non-hydrogen) atoms. The van der Waals surface area contributed by atoms with Gasteiger partial charge in [-0.1, -0.05) is 36.4 Å². The molecule has 1 aromatic carbocycles. The molecule has 0 unspecified atom stereocenters. The van der Waals surface area contributed by atoms with E-state index < -0.39 is 29.7 Å². The number of imide groups is 1. The topological polar surface area (TPSA) is 154 Å². The number of ether oxygens (including phenoxy) is 2. The van der Waals surface area contributed by atoms with Crippen molar-refractivity contribution >= 4 is 35.3 Å². The SMILES string of the molecule is CCOC(=O)c1c2ccc(CC(=O)NOCCN3C(=O)c4ccccc4C3=O)ccc-2c(C(=O)OCC)c1N. The number of hydrogen-bond acceptors (Lipinski definition) is 9. The first-order chi connectivity index (χ1) is 18.8. The van der Waals surface area contributed by atoms with Gasteiger partial charge in [0.2, 0.25) is 5.91 Å². The van der Waals surface area contributed by atoms with Crippen molar-refractivity contribution in [2.75, 3.05) is 32.1 Å². The average molecular weight is 534 g/mol. The predicted molar refractivity (Wildman–Crippen MR) is 139 cm³/mol. The molecule has 0 bridgehead atoms. The fourth-order valence-electron chi connectivity index (χ4n) is 4.36. The molecule has 4 rings (SSSR count). The zero-order valence-corrected chi connectivity index (χ0v) is 21.4. The number of amides is 3. The van der Waals surface area contributed by atoms with Crippen molar-refractivity contribution < 1.29 is 38.3 Å². The molecule has 1 aliphatic heterocycles. The fraction of sp³-hybridized carbons (Fsp3) is 0.250. The van der Waals surface area contributed by atoms with Crippen molar-refractivity contribution in [1.82, 2.24) is 10.4 Å². The highest BCUT2D eigenvalue weighted by molar-refractivity contribution is 6.21. The smallest absolute Gasteiger partial charge is 0.340 e. The summed E-state index contributed by atoms with van der Waals surface area (Å²) >= 11 is 0. The predicted octanol–water partition coefficient (Wildman–Crippen LogP) is 2.61. The highest BCUT2D eigenvalue weighted by atomic mass is 16.7. The van der Waals surface area contributed by atoms with E-state index in [1.165, 1.54) is 0 Å². The molecule has 11 nitrogen and oxygen atoms in total. The molecule has 3 aliphatic rings. The van der Waals surface area contributed by atoms with Gasteiger partial charge in [0, 0.05) is 0 Å². The van der Waals surface area contributed by atoms with Crippen molar-refractivity contribution in [1.29, 1.82) is 0 Å². The van der Waals surface area contributed by atoms with Crippen LogP contribution in [0.15, 0.2) is 48.5 Å². The molecule has 0 radical (unpaired) electrons. The number of rotatable bonds is 10. The summed E-state index contributed by atoms with van der Waals surface area (Å²) in [6.45, 7) is 3.43. The first-order valence-electron chi connectivity index (χ1n) is 12.3. The summed E-state index contributed by atoms with van der Waals surface area (Å²) in [6, 6.07) is 13.0. The third kappa shape index (κ3) is 5.43. The minimum atomic E-state index is -0.674. The van der Waals surface area contributed by atoms with Crippen molar-refractivity contribution in [3.8, 4) is 11.1 Å². The Kier molecular flexibility index (Phi) is 8.21. The lowest BCUT2D eigenvalue weighted by molar-refractivity contribution is -0.132. The normalized spacial score (nSPS) is 12.4. The Bertz CT molecular complexity index is 1340. The van der Waals surface area contributed by atoms with E-state index in [9.17, 15) is 24.0 Å². The van der Waals surface area contributed by atoms with Crippen LogP contribution in [0.5, 0.6) is 0 Å². The number of anilines is 1. The van der Waals surface area contributed by atoms with Gasteiger partial charge in [0.15, 0.2) is 0 Å². The molecule has 0 fully saturated rings. The Morgan fingerprint density at radius 1 is 0.795 bits per heavy atom. The third-order valence-corrected chi connectivity index (χ3v) is 6.10. The standard InChI is InChI=1S/C28H27N3O8/c1-3-37-27(35)22-17-11-9-16(10-12-18(17)23(24(22)29)28(36)38-4-2)15-21(32)30-39-14-13-31-25(33)19-7-5-6-8-20(19)26(31)34/h5-12H,3-4,13-15,29H2,1-2H3,(H,30,32). The lowest BCUT2D eigenvalue weighted by Crippen LogP contribution is -2.35. The number of nitrogen functional groups attached to an aromatic ring is 1. The molecular weight excluding hydrogens is 506 g/mol. The Morgan fingerprint density at radius 2 is 1.31 bits per heavy atom. The fourth-order valence-corrected chi connectivity index (χ4v) is 4.36. The maximum Gasteiger partial charge on any atom is 0.340 e. The van der Waals surface area contributed by atoms with Gasteiger partial charge < -0.3 is 15.2 Å². The maximum absolute atomic E-state index is 12.6. The van der Waals surface area contributed by atoms with Gasteiger partial charge in [-0.3, -0.25) is 24.1 Å². The van der Waals surface area contributed by atoms with Crippen LogP contribution in [0.25, 0.3) is 11.1 Å². The number of esters is 2. The van der Waals surface area contributed by atoms with Crippen LogP contribution in [0.3, 0.4) is 0 Å². The Morgan fingerprint density at radius 3 is 1.79 bits per heavy atom. The molecule has 3 amide bonds. The van der Waals surface area contributed by atoms with Gasteiger partial charge in [-0.25, -0.2) is 15.1 Å². The molecule has 1 aromatic rings. The maximum atomic E-state index is 12.6. The number of carbonyl (C=O) groups is 5. The molecule has 0 saturated carbocycles. The Labute approximate surface area is 224 Å². The zero-order chi connectivity index (χ0) is 28.1. The lowest BCUT2D eigenvalue weighted by atomic mass is 10.1. The molecule has 202 valence electrons. The van der Waals surface area contributed by atoms with E-state index in [-0.39, 0.29) is 49.6 Å². The highest BCUT2D eigenvalue weighted by Gasteiger charge is 2.35.